The van der Waals surface area contributed by atoms with Crippen LogP contribution in [-0.4, -0.2) is 0 Å². The third kappa shape index (κ3) is 2.07. The molecule has 0 aliphatic rings. The molecule has 0 aliphatic heterocycles. The quantitative estimate of drug-likeness (QED) is 0.727. The highest BCUT2D eigenvalue weighted by atomic mass is 79.9. The summed E-state index contributed by atoms with van der Waals surface area (Å²) < 4.78 is 27.2. The lowest BCUT2D eigenvalue weighted by atomic mass is 10.1. The first-order valence-electron chi connectivity index (χ1n) is 4.30. The monoisotopic (exact) mass is 267 g/mol. The molecular weight excluding hydrogens is 262 g/mol. The van der Waals surface area contributed by atoms with Gasteiger partial charge in [0.15, 0.2) is 11.6 Å². The maximum Gasteiger partial charge on any atom is 0.167 e. The second-order valence-corrected chi connectivity index (χ2v) is 3.94. The molecule has 0 aliphatic carbocycles. The Morgan fingerprint density at radius 3 is 2.33 bits per heavy atom. The molecule has 0 atom stereocenters. The first-order chi connectivity index (χ1) is 7.18. The van der Waals surface area contributed by atoms with E-state index in [1.165, 1.54) is 12.1 Å². The second kappa shape index (κ2) is 4.11. The largest absolute Gasteiger partial charge is 0.203 e. The molecule has 0 bridgehead atoms. The molecule has 0 saturated carbocycles. The van der Waals surface area contributed by atoms with E-state index >= 15 is 0 Å². The van der Waals surface area contributed by atoms with Crippen LogP contribution in [0.5, 0.6) is 0 Å². The van der Waals surface area contributed by atoms with E-state index in [0.29, 0.717) is 5.56 Å². The standard InChI is InChI=1S/C12H6BrF2/c13-9-6-4-8(5-7-9)10-2-1-3-11(14)12(10)15/h1-2,4-7H. The van der Waals surface area contributed by atoms with Gasteiger partial charge in [0.05, 0.1) is 0 Å². The summed E-state index contributed by atoms with van der Waals surface area (Å²) in [6.45, 7) is 0. The van der Waals surface area contributed by atoms with Crippen molar-refractivity contribution in [3.8, 4) is 11.1 Å². The van der Waals surface area contributed by atoms with Crippen LogP contribution in [-0.2, 0) is 0 Å². The molecule has 0 fully saturated rings. The number of rotatable bonds is 1. The van der Waals surface area contributed by atoms with Crippen LogP contribution in [0.3, 0.4) is 0 Å². The van der Waals surface area contributed by atoms with E-state index in [9.17, 15) is 8.78 Å². The molecule has 1 radical (unpaired) electrons. The summed E-state index contributed by atoms with van der Waals surface area (Å²) in [5, 5.41) is 0. The normalized spacial score (nSPS) is 10.3. The van der Waals surface area contributed by atoms with Crippen LogP contribution in [0.1, 0.15) is 0 Å². The van der Waals surface area contributed by atoms with Crippen LogP contribution in [0.4, 0.5) is 8.78 Å². The Bertz CT molecular complexity index is 477. The fourth-order valence-electron chi connectivity index (χ4n) is 1.31. The van der Waals surface area contributed by atoms with Crippen molar-refractivity contribution in [2.75, 3.05) is 0 Å². The fourth-order valence-corrected chi connectivity index (χ4v) is 1.57. The van der Waals surface area contributed by atoms with Crippen molar-refractivity contribution >= 4 is 15.9 Å². The molecule has 0 N–H and O–H groups in total. The summed E-state index contributed by atoms with van der Waals surface area (Å²) in [5.41, 5.74) is 0.891. The van der Waals surface area contributed by atoms with Gasteiger partial charge < -0.3 is 0 Å². The van der Waals surface area contributed by atoms with Crippen molar-refractivity contribution in [3.05, 3.63) is 58.6 Å². The highest BCUT2D eigenvalue weighted by Crippen LogP contribution is 2.25. The zero-order chi connectivity index (χ0) is 10.8. The van der Waals surface area contributed by atoms with Gasteiger partial charge in [0.1, 0.15) is 0 Å². The third-order valence-electron chi connectivity index (χ3n) is 2.04. The lowest BCUT2D eigenvalue weighted by Gasteiger charge is -2.03. The fraction of sp³-hybridized carbons (Fsp3) is 0. The van der Waals surface area contributed by atoms with Crippen LogP contribution in [0.25, 0.3) is 11.1 Å². The number of hydrogen-bond donors (Lipinski definition) is 0. The van der Waals surface area contributed by atoms with Crippen molar-refractivity contribution < 1.29 is 8.78 Å². The van der Waals surface area contributed by atoms with Gasteiger partial charge in [0, 0.05) is 16.1 Å². The predicted octanol–water partition coefficient (Wildman–Crippen LogP) is 4.19. The molecule has 0 aromatic heterocycles. The lowest BCUT2D eigenvalue weighted by Crippen LogP contribution is -1.88. The number of hydrogen-bond acceptors (Lipinski definition) is 0. The highest BCUT2D eigenvalue weighted by Gasteiger charge is 2.09. The molecule has 15 heavy (non-hydrogen) atoms. The summed E-state index contributed by atoms with van der Waals surface area (Å²) in [7, 11) is 0. The minimum atomic E-state index is -0.949. The average Bonchev–Trinajstić information content (AvgIpc) is 2.24. The van der Waals surface area contributed by atoms with Crippen molar-refractivity contribution in [2.24, 2.45) is 0 Å². The van der Waals surface area contributed by atoms with E-state index in [1.807, 2.05) is 0 Å². The molecule has 2 aromatic rings. The molecule has 75 valence electrons. The van der Waals surface area contributed by atoms with Gasteiger partial charge in [-0.05, 0) is 17.7 Å². The Labute approximate surface area is 94.7 Å². The summed E-state index contributed by atoms with van der Waals surface area (Å²) in [6, 6.07) is 12.1. The summed E-state index contributed by atoms with van der Waals surface area (Å²) in [6.07, 6.45) is 0. The predicted molar refractivity (Wildman–Crippen MR) is 58.3 cm³/mol. The van der Waals surface area contributed by atoms with Gasteiger partial charge in [0.25, 0.3) is 0 Å². The molecule has 0 nitrogen and oxygen atoms in total. The van der Waals surface area contributed by atoms with Gasteiger partial charge in [-0.1, -0.05) is 40.2 Å². The Morgan fingerprint density at radius 1 is 1.00 bits per heavy atom. The third-order valence-corrected chi connectivity index (χ3v) is 2.57. The topological polar surface area (TPSA) is 0 Å². The Hall–Kier alpha value is -1.22. The van der Waals surface area contributed by atoms with Gasteiger partial charge in [0.2, 0.25) is 0 Å². The van der Waals surface area contributed by atoms with Gasteiger partial charge >= 0.3 is 0 Å². The van der Waals surface area contributed by atoms with E-state index in [0.717, 1.165) is 4.47 Å². The van der Waals surface area contributed by atoms with Crippen LogP contribution < -0.4 is 0 Å². The minimum Gasteiger partial charge on any atom is -0.203 e. The van der Waals surface area contributed by atoms with E-state index in [4.69, 9.17) is 0 Å². The maximum absolute atomic E-state index is 13.4. The van der Waals surface area contributed by atoms with Crippen molar-refractivity contribution in [1.29, 1.82) is 0 Å². The maximum atomic E-state index is 13.4. The van der Waals surface area contributed by atoms with Crippen LogP contribution in [0.2, 0.25) is 0 Å². The van der Waals surface area contributed by atoms with Crippen molar-refractivity contribution in [2.45, 2.75) is 0 Å². The molecular formula is C12H6BrF2. The zero-order valence-corrected chi connectivity index (χ0v) is 9.18. The van der Waals surface area contributed by atoms with Crippen LogP contribution in [0.15, 0.2) is 40.9 Å². The van der Waals surface area contributed by atoms with Crippen LogP contribution >= 0.6 is 15.9 Å². The summed E-state index contributed by atoms with van der Waals surface area (Å²) in [4.78, 5) is 0. The highest BCUT2D eigenvalue weighted by molar-refractivity contribution is 9.10. The molecule has 0 amide bonds. The van der Waals surface area contributed by atoms with E-state index in [2.05, 4.69) is 22.0 Å². The molecule has 0 heterocycles. The SMILES string of the molecule is Fc1[c]ccc(-c2ccc(Br)cc2)c1F. The molecule has 0 unspecified atom stereocenters. The summed E-state index contributed by atoms with van der Waals surface area (Å²) in [5.74, 6) is -1.81. The Balaban J connectivity index is 2.54. The summed E-state index contributed by atoms with van der Waals surface area (Å²) >= 11 is 3.28. The van der Waals surface area contributed by atoms with Crippen molar-refractivity contribution in [1.82, 2.24) is 0 Å². The smallest absolute Gasteiger partial charge is 0.167 e. The first-order valence-corrected chi connectivity index (χ1v) is 5.09. The van der Waals surface area contributed by atoms with E-state index in [1.54, 1.807) is 24.3 Å². The van der Waals surface area contributed by atoms with E-state index < -0.39 is 11.6 Å². The van der Waals surface area contributed by atoms with Gasteiger partial charge in [-0.25, -0.2) is 8.78 Å². The van der Waals surface area contributed by atoms with Gasteiger partial charge in [-0.15, -0.1) is 0 Å². The van der Waals surface area contributed by atoms with Gasteiger partial charge in [-0.2, -0.15) is 0 Å². The lowest BCUT2D eigenvalue weighted by molar-refractivity contribution is 0.509. The Kier molecular flexibility index (Phi) is 2.82. The molecule has 2 aromatic carbocycles. The molecule has 0 saturated heterocycles. The number of halogens is 3. The first kappa shape index (κ1) is 10.3. The zero-order valence-electron chi connectivity index (χ0n) is 7.60. The van der Waals surface area contributed by atoms with Gasteiger partial charge in [-0.3, -0.25) is 0 Å². The van der Waals surface area contributed by atoms with Crippen LogP contribution in [0, 0.1) is 17.7 Å². The minimum absolute atomic E-state index is 0.249. The van der Waals surface area contributed by atoms with E-state index in [-0.39, 0.29) is 5.56 Å². The molecule has 0 spiro atoms. The molecule has 2 rings (SSSR count). The number of benzene rings is 2. The second-order valence-electron chi connectivity index (χ2n) is 3.03. The van der Waals surface area contributed by atoms with Crippen molar-refractivity contribution in [3.63, 3.8) is 0 Å². The average molecular weight is 268 g/mol. The molecule has 3 heteroatoms. The Morgan fingerprint density at radius 2 is 1.67 bits per heavy atom.